The SMILES string of the molecule is CCC1CCCCN(C)CC1C. The molecule has 1 aliphatic heterocycles. The highest BCUT2D eigenvalue weighted by Gasteiger charge is 2.18. The van der Waals surface area contributed by atoms with Gasteiger partial charge in [0.15, 0.2) is 0 Å². The Morgan fingerprint density at radius 3 is 2.75 bits per heavy atom. The Bertz CT molecular complexity index is 122. The van der Waals surface area contributed by atoms with Crippen molar-refractivity contribution < 1.29 is 0 Å². The second-order valence-electron chi connectivity index (χ2n) is 4.40. The summed E-state index contributed by atoms with van der Waals surface area (Å²) in [5, 5.41) is 0. The van der Waals surface area contributed by atoms with Crippen LogP contribution in [0.15, 0.2) is 0 Å². The van der Waals surface area contributed by atoms with Crippen LogP contribution in [0.4, 0.5) is 0 Å². The molecule has 0 aromatic rings. The lowest BCUT2D eigenvalue weighted by molar-refractivity contribution is 0.191. The van der Waals surface area contributed by atoms with Crippen molar-refractivity contribution in [1.82, 2.24) is 4.90 Å². The summed E-state index contributed by atoms with van der Waals surface area (Å²) in [5.74, 6) is 1.88. The Labute approximate surface area is 77.1 Å². The summed E-state index contributed by atoms with van der Waals surface area (Å²) in [7, 11) is 2.26. The van der Waals surface area contributed by atoms with Gasteiger partial charge in [-0.05, 0) is 31.8 Å². The molecule has 0 aliphatic carbocycles. The van der Waals surface area contributed by atoms with Crippen molar-refractivity contribution >= 4 is 0 Å². The van der Waals surface area contributed by atoms with Gasteiger partial charge in [0.1, 0.15) is 0 Å². The molecule has 1 rings (SSSR count). The van der Waals surface area contributed by atoms with Gasteiger partial charge in [-0.25, -0.2) is 0 Å². The lowest BCUT2D eigenvalue weighted by Gasteiger charge is -2.30. The van der Waals surface area contributed by atoms with E-state index >= 15 is 0 Å². The molecule has 0 saturated carbocycles. The van der Waals surface area contributed by atoms with E-state index in [-0.39, 0.29) is 0 Å². The maximum absolute atomic E-state index is 2.49. The third kappa shape index (κ3) is 2.78. The van der Waals surface area contributed by atoms with Crippen LogP contribution in [0.1, 0.15) is 39.5 Å². The second-order valence-corrected chi connectivity index (χ2v) is 4.40. The zero-order valence-corrected chi connectivity index (χ0v) is 8.84. The predicted molar refractivity (Wildman–Crippen MR) is 54.3 cm³/mol. The fourth-order valence-corrected chi connectivity index (χ4v) is 2.41. The van der Waals surface area contributed by atoms with Crippen LogP contribution in [-0.2, 0) is 0 Å². The van der Waals surface area contributed by atoms with E-state index in [4.69, 9.17) is 0 Å². The first-order chi connectivity index (χ1) is 5.74. The van der Waals surface area contributed by atoms with E-state index in [1.54, 1.807) is 0 Å². The Kier molecular flexibility index (Phi) is 4.07. The Balaban J connectivity index is 2.42. The first kappa shape index (κ1) is 10.0. The van der Waals surface area contributed by atoms with Gasteiger partial charge in [-0.2, -0.15) is 0 Å². The van der Waals surface area contributed by atoms with Crippen LogP contribution in [0.25, 0.3) is 0 Å². The Hall–Kier alpha value is -0.0400. The Morgan fingerprint density at radius 2 is 2.08 bits per heavy atom. The fourth-order valence-electron chi connectivity index (χ4n) is 2.41. The topological polar surface area (TPSA) is 3.24 Å². The zero-order chi connectivity index (χ0) is 8.97. The maximum atomic E-state index is 2.49. The number of hydrogen-bond donors (Lipinski definition) is 0. The minimum Gasteiger partial charge on any atom is -0.306 e. The molecule has 0 radical (unpaired) electrons. The second kappa shape index (κ2) is 4.86. The van der Waals surface area contributed by atoms with Gasteiger partial charge < -0.3 is 4.90 Å². The summed E-state index contributed by atoms with van der Waals surface area (Å²) in [4.78, 5) is 2.49. The van der Waals surface area contributed by atoms with Crippen LogP contribution < -0.4 is 0 Å². The standard InChI is InChI=1S/C11H23N/c1-4-11-7-5-6-8-12(3)9-10(11)2/h10-11H,4-9H2,1-3H3. The average molecular weight is 169 g/mol. The monoisotopic (exact) mass is 169 g/mol. The normalized spacial score (nSPS) is 34.2. The molecule has 1 heterocycles. The molecule has 0 aromatic carbocycles. The van der Waals surface area contributed by atoms with Gasteiger partial charge in [-0.3, -0.25) is 0 Å². The molecule has 0 amide bonds. The predicted octanol–water partition coefficient (Wildman–Crippen LogP) is 2.76. The number of nitrogens with zero attached hydrogens (tertiary/aromatic N) is 1. The largest absolute Gasteiger partial charge is 0.306 e. The van der Waals surface area contributed by atoms with Crippen molar-refractivity contribution in [2.45, 2.75) is 39.5 Å². The number of likely N-dealkylation sites (tertiary alicyclic amines) is 1. The van der Waals surface area contributed by atoms with Crippen molar-refractivity contribution in [2.24, 2.45) is 11.8 Å². The van der Waals surface area contributed by atoms with Gasteiger partial charge in [-0.1, -0.05) is 33.1 Å². The van der Waals surface area contributed by atoms with Crippen molar-refractivity contribution in [3.8, 4) is 0 Å². The van der Waals surface area contributed by atoms with Gasteiger partial charge in [0.25, 0.3) is 0 Å². The highest BCUT2D eigenvalue weighted by Crippen LogP contribution is 2.24. The lowest BCUT2D eigenvalue weighted by Crippen LogP contribution is -2.31. The van der Waals surface area contributed by atoms with Gasteiger partial charge in [0.05, 0.1) is 0 Å². The highest BCUT2D eigenvalue weighted by molar-refractivity contribution is 4.71. The highest BCUT2D eigenvalue weighted by atomic mass is 15.1. The van der Waals surface area contributed by atoms with E-state index in [1.807, 2.05) is 0 Å². The van der Waals surface area contributed by atoms with Crippen LogP contribution in [0.5, 0.6) is 0 Å². The summed E-state index contributed by atoms with van der Waals surface area (Å²) in [6, 6.07) is 0. The lowest BCUT2D eigenvalue weighted by atomic mass is 9.85. The van der Waals surface area contributed by atoms with E-state index in [9.17, 15) is 0 Å². The molecule has 2 atom stereocenters. The van der Waals surface area contributed by atoms with Crippen LogP contribution in [0, 0.1) is 11.8 Å². The molecular formula is C11H23N. The molecule has 0 N–H and O–H groups in total. The van der Waals surface area contributed by atoms with Gasteiger partial charge in [0.2, 0.25) is 0 Å². The van der Waals surface area contributed by atoms with Crippen molar-refractivity contribution in [2.75, 3.05) is 20.1 Å². The van der Waals surface area contributed by atoms with Crippen molar-refractivity contribution in [3.05, 3.63) is 0 Å². The summed E-state index contributed by atoms with van der Waals surface area (Å²) < 4.78 is 0. The van der Waals surface area contributed by atoms with Crippen LogP contribution in [-0.4, -0.2) is 25.0 Å². The molecular weight excluding hydrogens is 146 g/mol. The quantitative estimate of drug-likeness (QED) is 0.583. The molecule has 1 fully saturated rings. The van der Waals surface area contributed by atoms with Crippen molar-refractivity contribution in [3.63, 3.8) is 0 Å². The average Bonchev–Trinajstić information content (AvgIpc) is 2.01. The molecule has 1 nitrogen and oxygen atoms in total. The number of hydrogen-bond acceptors (Lipinski definition) is 1. The Morgan fingerprint density at radius 1 is 1.33 bits per heavy atom. The van der Waals surface area contributed by atoms with Crippen LogP contribution >= 0.6 is 0 Å². The van der Waals surface area contributed by atoms with Crippen LogP contribution in [0.3, 0.4) is 0 Å². The van der Waals surface area contributed by atoms with Crippen molar-refractivity contribution in [1.29, 1.82) is 0 Å². The molecule has 1 heteroatoms. The first-order valence-electron chi connectivity index (χ1n) is 5.42. The van der Waals surface area contributed by atoms with E-state index in [0.717, 1.165) is 11.8 Å². The van der Waals surface area contributed by atoms with E-state index in [1.165, 1.54) is 38.8 Å². The number of rotatable bonds is 1. The summed E-state index contributed by atoms with van der Waals surface area (Å²) in [5.41, 5.74) is 0. The third-order valence-corrected chi connectivity index (χ3v) is 3.29. The summed E-state index contributed by atoms with van der Waals surface area (Å²) >= 11 is 0. The fraction of sp³-hybridized carbons (Fsp3) is 1.00. The molecule has 0 bridgehead atoms. The van der Waals surface area contributed by atoms with E-state index < -0.39 is 0 Å². The molecule has 1 aliphatic rings. The van der Waals surface area contributed by atoms with E-state index in [2.05, 4.69) is 25.8 Å². The molecule has 0 spiro atoms. The molecule has 1 saturated heterocycles. The summed E-state index contributed by atoms with van der Waals surface area (Å²) in [6.07, 6.45) is 5.67. The maximum Gasteiger partial charge on any atom is 0.000661 e. The van der Waals surface area contributed by atoms with Gasteiger partial charge >= 0.3 is 0 Å². The molecule has 72 valence electrons. The van der Waals surface area contributed by atoms with Gasteiger partial charge in [0, 0.05) is 6.54 Å². The first-order valence-corrected chi connectivity index (χ1v) is 5.42. The third-order valence-electron chi connectivity index (χ3n) is 3.29. The smallest absolute Gasteiger partial charge is 0.000661 e. The van der Waals surface area contributed by atoms with Gasteiger partial charge in [-0.15, -0.1) is 0 Å². The minimum absolute atomic E-state index is 0.903. The minimum atomic E-state index is 0.903. The molecule has 12 heavy (non-hydrogen) atoms. The van der Waals surface area contributed by atoms with E-state index in [0.29, 0.717) is 0 Å². The molecule has 2 unspecified atom stereocenters. The zero-order valence-electron chi connectivity index (χ0n) is 8.84. The van der Waals surface area contributed by atoms with Crippen LogP contribution in [0.2, 0.25) is 0 Å². The molecule has 0 aromatic heterocycles. The summed E-state index contributed by atoms with van der Waals surface area (Å²) in [6.45, 7) is 7.36.